The van der Waals surface area contributed by atoms with Gasteiger partial charge in [0.15, 0.2) is 11.6 Å². The third-order valence-electron chi connectivity index (χ3n) is 2.63. The van der Waals surface area contributed by atoms with E-state index in [1.165, 1.54) is 23.9 Å². The van der Waals surface area contributed by atoms with Crippen molar-refractivity contribution >= 4 is 23.6 Å². The molecule has 0 spiro atoms. The highest BCUT2D eigenvalue weighted by molar-refractivity contribution is 7.98. The van der Waals surface area contributed by atoms with Gasteiger partial charge in [-0.05, 0) is 24.5 Å². The maximum atomic E-state index is 13.4. The van der Waals surface area contributed by atoms with Crippen molar-refractivity contribution in [2.45, 2.75) is 18.9 Å². The predicted molar refractivity (Wildman–Crippen MR) is 72.6 cm³/mol. The quantitative estimate of drug-likeness (QED) is 0.806. The molecule has 1 amide bonds. The minimum Gasteiger partial charge on any atom is -0.480 e. The Kier molecular flexibility index (Phi) is 6.44. The number of carboxylic acid groups (broad SMARTS) is 1. The van der Waals surface area contributed by atoms with Crippen molar-refractivity contribution in [3.05, 3.63) is 35.4 Å². The molecule has 1 atom stereocenters. The van der Waals surface area contributed by atoms with Crippen molar-refractivity contribution < 1.29 is 23.5 Å². The second-order valence-electron chi connectivity index (χ2n) is 4.13. The van der Waals surface area contributed by atoms with Crippen molar-refractivity contribution in [3.63, 3.8) is 0 Å². The topological polar surface area (TPSA) is 66.4 Å². The molecule has 2 N–H and O–H groups in total. The Morgan fingerprint density at radius 2 is 2.10 bits per heavy atom. The molecule has 0 bridgehead atoms. The first-order chi connectivity index (χ1) is 9.45. The van der Waals surface area contributed by atoms with E-state index in [1.807, 2.05) is 6.26 Å². The zero-order valence-electron chi connectivity index (χ0n) is 10.9. The summed E-state index contributed by atoms with van der Waals surface area (Å²) in [5, 5.41) is 11.3. The lowest BCUT2D eigenvalue weighted by Gasteiger charge is -2.14. The maximum Gasteiger partial charge on any atom is 0.326 e. The molecule has 0 aliphatic heterocycles. The SMILES string of the molecule is CSCC[C@H](NC(=O)Cc1cccc(F)c1F)C(=O)O. The van der Waals surface area contributed by atoms with Crippen LogP contribution in [0, 0.1) is 11.6 Å². The number of amides is 1. The van der Waals surface area contributed by atoms with Crippen LogP contribution in [0.3, 0.4) is 0 Å². The third kappa shape index (κ3) is 4.80. The van der Waals surface area contributed by atoms with E-state index in [2.05, 4.69) is 5.32 Å². The zero-order chi connectivity index (χ0) is 15.1. The van der Waals surface area contributed by atoms with Gasteiger partial charge in [0.25, 0.3) is 0 Å². The van der Waals surface area contributed by atoms with Crippen molar-refractivity contribution in [2.24, 2.45) is 0 Å². The van der Waals surface area contributed by atoms with Crippen molar-refractivity contribution in [1.29, 1.82) is 0 Å². The molecule has 1 aromatic carbocycles. The summed E-state index contributed by atoms with van der Waals surface area (Å²) < 4.78 is 26.4. The molecule has 1 aromatic rings. The highest BCUT2D eigenvalue weighted by atomic mass is 32.2. The lowest BCUT2D eigenvalue weighted by atomic mass is 10.1. The summed E-state index contributed by atoms with van der Waals surface area (Å²) in [4.78, 5) is 22.6. The monoisotopic (exact) mass is 303 g/mol. The third-order valence-corrected chi connectivity index (χ3v) is 3.27. The van der Waals surface area contributed by atoms with Gasteiger partial charge in [-0.1, -0.05) is 12.1 Å². The number of halogens is 2. The van der Waals surface area contributed by atoms with Gasteiger partial charge in [0.2, 0.25) is 5.91 Å². The number of hydrogen-bond acceptors (Lipinski definition) is 3. The summed E-state index contributed by atoms with van der Waals surface area (Å²) in [5.41, 5.74) is -0.100. The lowest BCUT2D eigenvalue weighted by molar-refractivity contribution is -0.141. The molecule has 0 radical (unpaired) electrons. The van der Waals surface area contributed by atoms with Crippen LogP contribution in [-0.4, -0.2) is 35.0 Å². The summed E-state index contributed by atoms with van der Waals surface area (Å²) >= 11 is 1.46. The first-order valence-electron chi connectivity index (χ1n) is 5.89. The van der Waals surface area contributed by atoms with Crippen LogP contribution in [0.1, 0.15) is 12.0 Å². The van der Waals surface area contributed by atoms with Crippen LogP contribution < -0.4 is 5.32 Å². The largest absolute Gasteiger partial charge is 0.480 e. The molecule has 7 heteroatoms. The van der Waals surface area contributed by atoms with Crippen molar-refractivity contribution in [2.75, 3.05) is 12.0 Å². The molecule has 0 saturated carbocycles. The van der Waals surface area contributed by atoms with Gasteiger partial charge in [-0.3, -0.25) is 4.79 Å². The van der Waals surface area contributed by atoms with Crippen LogP contribution in [-0.2, 0) is 16.0 Å². The van der Waals surface area contributed by atoms with E-state index in [-0.39, 0.29) is 12.0 Å². The van der Waals surface area contributed by atoms with E-state index in [0.29, 0.717) is 5.75 Å². The number of aliphatic carboxylic acids is 1. The molecule has 20 heavy (non-hydrogen) atoms. The number of carbonyl (C=O) groups excluding carboxylic acids is 1. The molecule has 0 aromatic heterocycles. The van der Waals surface area contributed by atoms with Crippen molar-refractivity contribution in [3.8, 4) is 0 Å². The first-order valence-corrected chi connectivity index (χ1v) is 7.29. The standard InChI is InChI=1S/C13H15F2NO3S/c1-20-6-5-10(13(18)19)16-11(17)7-8-3-2-4-9(14)12(8)15/h2-4,10H,5-7H2,1H3,(H,16,17)(H,18,19)/t10-/m0/s1. The molecular formula is C13H15F2NO3S. The van der Waals surface area contributed by atoms with Gasteiger partial charge in [-0.2, -0.15) is 11.8 Å². The fraction of sp³-hybridized carbons (Fsp3) is 0.385. The molecular weight excluding hydrogens is 288 g/mol. The summed E-state index contributed by atoms with van der Waals surface area (Å²) in [6, 6.07) is 2.51. The first kappa shape index (κ1) is 16.4. The molecule has 0 aliphatic rings. The summed E-state index contributed by atoms with van der Waals surface area (Å²) in [7, 11) is 0. The van der Waals surface area contributed by atoms with Crippen LogP contribution in [0.2, 0.25) is 0 Å². The summed E-state index contributed by atoms with van der Waals surface area (Å²) in [6.07, 6.45) is 1.70. The highest BCUT2D eigenvalue weighted by Gasteiger charge is 2.20. The van der Waals surface area contributed by atoms with E-state index < -0.39 is 36.0 Å². The molecule has 0 fully saturated rings. The van der Waals surface area contributed by atoms with E-state index in [0.717, 1.165) is 6.07 Å². The van der Waals surface area contributed by atoms with Gasteiger partial charge in [0, 0.05) is 5.56 Å². The number of benzene rings is 1. The molecule has 110 valence electrons. The second kappa shape index (κ2) is 7.84. The van der Waals surface area contributed by atoms with Crippen LogP contribution in [0.4, 0.5) is 8.78 Å². The zero-order valence-corrected chi connectivity index (χ0v) is 11.7. The van der Waals surface area contributed by atoms with Crippen molar-refractivity contribution in [1.82, 2.24) is 5.32 Å². The van der Waals surface area contributed by atoms with E-state index in [9.17, 15) is 18.4 Å². The van der Waals surface area contributed by atoms with Crippen LogP contribution in [0.25, 0.3) is 0 Å². The van der Waals surface area contributed by atoms with E-state index in [4.69, 9.17) is 5.11 Å². The predicted octanol–water partition coefficient (Wildman–Crippen LogP) is 1.83. The Bertz CT molecular complexity index is 497. The Morgan fingerprint density at radius 1 is 1.40 bits per heavy atom. The Labute approximate surface area is 119 Å². The van der Waals surface area contributed by atoms with Crippen LogP contribution in [0.15, 0.2) is 18.2 Å². The average Bonchev–Trinajstić information content (AvgIpc) is 2.39. The number of carbonyl (C=O) groups is 2. The minimum absolute atomic E-state index is 0.100. The number of nitrogens with one attached hydrogen (secondary N) is 1. The Morgan fingerprint density at radius 3 is 2.70 bits per heavy atom. The summed E-state index contributed by atoms with van der Waals surface area (Å²) in [6.45, 7) is 0. The van der Waals surface area contributed by atoms with Crippen LogP contribution in [0.5, 0.6) is 0 Å². The fourth-order valence-electron chi connectivity index (χ4n) is 1.60. The van der Waals surface area contributed by atoms with Gasteiger partial charge in [0.05, 0.1) is 6.42 Å². The van der Waals surface area contributed by atoms with E-state index >= 15 is 0 Å². The van der Waals surface area contributed by atoms with Gasteiger partial charge >= 0.3 is 5.97 Å². The van der Waals surface area contributed by atoms with Crippen LogP contribution >= 0.6 is 11.8 Å². The smallest absolute Gasteiger partial charge is 0.326 e. The normalized spacial score (nSPS) is 11.9. The molecule has 1 rings (SSSR count). The number of thioether (sulfide) groups is 1. The molecule has 0 heterocycles. The van der Waals surface area contributed by atoms with Gasteiger partial charge < -0.3 is 10.4 Å². The molecule has 4 nitrogen and oxygen atoms in total. The Hall–Kier alpha value is -1.63. The fourth-order valence-corrected chi connectivity index (χ4v) is 2.07. The lowest BCUT2D eigenvalue weighted by Crippen LogP contribution is -2.42. The second-order valence-corrected chi connectivity index (χ2v) is 5.12. The molecule has 0 aliphatic carbocycles. The minimum atomic E-state index is -1.15. The Balaban J connectivity index is 2.66. The molecule has 0 saturated heterocycles. The van der Waals surface area contributed by atoms with Gasteiger partial charge in [-0.15, -0.1) is 0 Å². The van der Waals surface area contributed by atoms with E-state index in [1.54, 1.807) is 0 Å². The number of rotatable bonds is 7. The highest BCUT2D eigenvalue weighted by Crippen LogP contribution is 2.12. The number of carboxylic acids is 1. The number of hydrogen-bond donors (Lipinski definition) is 2. The maximum absolute atomic E-state index is 13.4. The molecule has 0 unspecified atom stereocenters. The van der Waals surface area contributed by atoms with Gasteiger partial charge in [-0.25, -0.2) is 13.6 Å². The average molecular weight is 303 g/mol. The van der Waals surface area contributed by atoms with Gasteiger partial charge in [0.1, 0.15) is 6.04 Å². The summed E-state index contributed by atoms with van der Waals surface area (Å²) in [5.74, 6) is -3.34.